The van der Waals surface area contributed by atoms with Crippen molar-refractivity contribution in [1.29, 1.82) is 0 Å². The molecule has 6 heteroatoms. The molecule has 5 nitrogen and oxygen atoms in total. The van der Waals surface area contributed by atoms with Crippen molar-refractivity contribution < 1.29 is 9.53 Å². The van der Waals surface area contributed by atoms with E-state index < -0.39 is 0 Å². The van der Waals surface area contributed by atoms with E-state index in [1.807, 2.05) is 30.3 Å². The lowest BCUT2D eigenvalue weighted by atomic mass is 10.2. The van der Waals surface area contributed by atoms with Crippen LogP contribution in [0.3, 0.4) is 0 Å². The van der Waals surface area contributed by atoms with E-state index in [0.717, 1.165) is 31.6 Å². The molecule has 0 unspecified atom stereocenters. The van der Waals surface area contributed by atoms with Crippen LogP contribution in [0.25, 0.3) is 5.69 Å². The summed E-state index contributed by atoms with van der Waals surface area (Å²) in [4.78, 5) is 15.3. The first-order valence-corrected chi connectivity index (χ1v) is 7.92. The molecule has 1 aromatic carbocycles. The van der Waals surface area contributed by atoms with Gasteiger partial charge in [0.2, 0.25) is 0 Å². The summed E-state index contributed by atoms with van der Waals surface area (Å²) in [6.45, 7) is 1.44. The average Bonchev–Trinajstić information content (AvgIpc) is 3.17. The van der Waals surface area contributed by atoms with Gasteiger partial charge in [0.25, 0.3) is 5.91 Å². The Morgan fingerprint density at radius 2 is 2.23 bits per heavy atom. The van der Waals surface area contributed by atoms with Crippen molar-refractivity contribution in [3.05, 3.63) is 47.0 Å². The maximum atomic E-state index is 12.4. The van der Waals surface area contributed by atoms with E-state index in [2.05, 4.69) is 10.3 Å². The molecule has 2 heterocycles. The van der Waals surface area contributed by atoms with Crippen LogP contribution in [0.2, 0.25) is 0 Å². The molecule has 1 fully saturated rings. The Morgan fingerprint density at radius 3 is 2.95 bits per heavy atom. The van der Waals surface area contributed by atoms with Gasteiger partial charge in [0.1, 0.15) is 5.69 Å². The summed E-state index contributed by atoms with van der Waals surface area (Å²) in [5.41, 5.74) is 1.39. The fourth-order valence-corrected chi connectivity index (χ4v) is 2.94. The van der Waals surface area contributed by atoms with Crippen LogP contribution in [0.1, 0.15) is 29.8 Å². The number of rotatable bonds is 5. The zero-order valence-electron chi connectivity index (χ0n) is 12.2. The van der Waals surface area contributed by atoms with E-state index in [9.17, 15) is 4.79 Å². The Balaban J connectivity index is 1.69. The van der Waals surface area contributed by atoms with Gasteiger partial charge in [-0.15, -0.1) is 0 Å². The molecule has 0 aliphatic carbocycles. The standard InChI is InChI=1S/C16H19N3O2S/c20-15(17-9-8-13-7-4-10-21-13)14-11-18-16(22)19(14)12-5-2-1-3-6-12/h1-3,5-6,11,13H,4,7-10H2,(H,17,20)(H,18,22)/t13-/m0/s1. The van der Waals surface area contributed by atoms with Crippen molar-refractivity contribution in [3.63, 3.8) is 0 Å². The lowest BCUT2D eigenvalue weighted by Crippen LogP contribution is -2.28. The van der Waals surface area contributed by atoms with E-state index in [4.69, 9.17) is 17.0 Å². The molecule has 1 atom stereocenters. The van der Waals surface area contributed by atoms with E-state index in [0.29, 0.717) is 17.0 Å². The van der Waals surface area contributed by atoms with Crippen LogP contribution in [-0.4, -0.2) is 34.7 Å². The van der Waals surface area contributed by atoms with Crippen LogP contribution < -0.4 is 5.32 Å². The predicted octanol–water partition coefficient (Wildman–Crippen LogP) is 2.83. The fraction of sp³-hybridized carbons (Fsp3) is 0.375. The summed E-state index contributed by atoms with van der Waals surface area (Å²) in [6.07, 6.45) is 4.98. The fourth-order valence-electron chi connectivity index (χ4n) is 2.68. The third kappa shape index (κ3) is 3.28. The number of ether oxygens (including phenoxy) is 1. The molecule has 0 bridgehead atoms. The minimum Gasteiger partial charge on any atom is -0.378 e. The molecule has 0 spiro atoms. The number of nitrogens with one attached hydrogen (secondary N) is 2. The summed E-state index contributed by atoms with van der Waals surface area (Å²) in [6, 6.07) is 9.62. The SMILES string of the molecule is O=C(NCC[C@@H]1CCCO1)c1c[nH]c(=S)n1-c1ccccc1. The molecular weight excluding hydrogens is 298 g/mol. The molecule has 22 heavy (non-hydrogen) atoms. The summed E-state index contributed by atoms with van der Waals surface area (Å²) >= 11 is 5.28. The van der Waals surface area contributed by atoms with Gasteiger partial charge >= 0.3 is 0 Å². The van der Waals surface area contributed by atoms with E-state index >= 15 is 0 Å². The van der Waals surface area contributed by atoms with Gasteiger partial charge in [0, 0.05) is 25.0 Å². The van der Waals surface area contributed by atoms with E-state index in [-0.39, 0.29) is 12.0 Å². The maximum absolute atomic E-state index is 12.4. The zero-order valence-corrected chi connectivity index (χ0v) is 13.1. The number of benzene rings is 1. The van der Waals surface area contributed by atoms with Crippen LogP contribution in [0.4, 0.5) is 0 Å². The van der Waals surface area contributed by atoms with E-state index in [1.54, 1.807) is 10.8 Å². The Kier molecular flexibility index (Phi) is 4.70. The predicted molar refractivity (Wildman–Crippen MR) is 86.9 cm³/mol. The number of imidazole rings is 1. The minimum absolute atomic E-state index is 0.130. The van der Waals surface area contributed by atoms with Gasteiger partial charge in [-0.1, -0.05) is 18.2 Å². The van der Waals surface area contributed by atoms with Crippen molar-refractivity contribution in [2.24, 2.45) is 0 Å². The first-order valence-electron chi connectivity index (χ1n) is 7.51. The number of aromatic amines is 1. The van der Waals surface area contributed by atoms with Gasteiger partial charge < -0.3 is 15.0 Å². The molecule has 0 saturated carbocycles. The number of nitrogens with zero attached hydrogens (tertiary/aromatic N) is 1. The number of amides is 1. The minimum atomic E-state index is -0.130. The van der Waals surface area contributed by atoms with Crippen molar-refractivity contribution in [1.82, 2.24) is 14.9 Å². The first kappa shape index (κ1) is 15.0. The van der Waals surface area contributed by atoms with Crippen molar-refractivity contribution in [2.75, 3.05) is 13.2 Å². The molecule has 3 rings (SSSR count). The van der Waals surface area contributed by atoms with Crippen LogP contribution in [-0.2, 0) is 4.74 Å². The Labute approximate surface area is 134 Å². The second-order valence-electron chi connectivity index (χ2n) is 5.33. The number of hydrogen-bond donors (Lipinski definition) is 2. The normalized spacial score (nSPS) is 17.5. The highest BCUT2D eigenvalue weighted by atomic mass is 32.1. The number of carbonyl (C=O) groups excluding carboxylic acids is 1. The molecular formula is C16H19N3O2S. The number of aromatic nitrogens is 2. The topological polar surface area (TPSA) is 59.0 Å². The third-order valence-corrected chi connectivity index (χ3v) is 4.10. The summed E-state index contributed by atoms with van der Waals surface area (Å²) < 4.78 is 7.81. The van der Waals surface area contributed by atoms with Crippen LogP contribution in [0.5, 0.6) is 0 Å². The molecule has 1 amide bonds. The molecule has 1 aliphatic rings. The molecule has 2 aromatic rings. The van der Waals surface area contributed by atoms with Crippen molar-refractivity contribution in [2.45, 2.75) is 25.4 Å². The third-order valence-electron chi connectivity index (χ3n) is 3.80. The number of H-pyrrole nitrogens is 1. The Bertz CT molecular complexity index is 687. The van der Waals surface area contributed by atoms with Gasteiger partial charge in [-0.05, 0) is 43.6 Å². The van der Waals surface area contributed by atoms with Crippen molar-refractivity contribution in [3.8, 4) is 5.69 Å². The smallest absolute Gasteiger partial charge is 0.269 e. The highest BCUT2D eigenvalue weighted by molar-refractivity contribution is 7.71. The Morgan fingerprint density at radius 1 is 1.41 bits per heavy atom. The van der Waals surface area contributed by atoms with Crippen LogP contribution in [0, 0.1) is 4.77 Å². The average molecular weight is 317 g/mol. The molecule has 1 aromatic heterocycles. The summed E-state index contributed by atoms with van der Waals surface area (Å²) in [5.74, 6) is -0.130. The lowest BCUT2D eigenvalue weighted by Gasteiger charge is -2.11. The van der Waals surface area contributed by atoms with Gasteiger partial charge in [0.15, 0.2) is 4.77 Å². The first-order chi connectivity index (χ1) is 10.8. The quantitative estimate of drug-likeness (QED) is 0.834. The van der Waals surface area contributed by atoms with Gasteiger partial charge in [-0.2, -0.15) is 0 Å². The second kappa shape index (κ2) is 6.89. The molecule has 116 valence electrons. The monoisotopic (exact) mass is 317 g/mol. The van der Waals surface area contributed by atoms with E-state index in [1.165, 1.54) is 0 Å². The summed E-state index contributed by atoms with van der Waals surface area (Å²) in [5, 5.41) is 2.94. The largest absolute Gasteiger partial charge is 0.378 e. The zero-order chi connectivity index (χ0) is 15.4. The number of carbonyl (C=O) groups is 1. The molecule has 2 N–H and O–H groups in total. The van der Waals surface area contributed by atoms with Gasteiger partial charge in [0.05, 0.1) is 6.10 Å². The molecule has 1 saturated heterocycles. The number of para-hydroxylation sites is 1. The Hall–Kier alpha value is -1.92. The summed E-state index contributed by atoms with van der Waals surface area (Å²) in [7, 11) is 0. The van der Waals surface area contributed by atoms with Crippen molar-refractivity contribution >= 4 is 18.1 Å². The molecule has 0 radical (unpaired) electrons. The van der Waals surface area contributed by atoms with Gasteiger partial charge in [-0.3, -0.25) is 9.36 Å². The van der Waals surface area contributed by atoms with Crippen LogP contribution >= 0.6 is 12.2 Å². The van der Waals surface area contributed by atoms with Gasteiger partial charge in [-0.25, -0.2) is 0 Å². The maximum Gasteiger partial charge on any atom is 0.269 e. The highest BCUT2D eigenvalue weighted by Crippen LogP contribution is 2.15. The highest BCUT2D eigenvalue weighted by Gasteiger charge is 2.17. The lowest BCUT2D eigenvalue weighted by molar-refractivity contribution is 0.0901. The molecule has 1 aliphatic heterocycles. The second-order valence-corrected chi connectivity index (χ2v) is 5.72. The number of hydrogen-bond acceptors (Lipinski definition) is 3. The van der Waals surface area contributed by atoms with Crippen LogP contribution in [0.15, 0.2) is 36.5 Å².